The van der Waals surface area contributed by atoms with Crippen LogP contribution in [0, 0.1) is 25.2 Å². The molecule has 0 N–H and O–H groups in total. The molecule has 94 valence electrons. The van der Waals surface area contributed by atoms with Crippen molar-refractivity contribution in [2.45, 2.75) is 18.9 Å². The molecule has 0 spiro atoms. The van der Waals surface area contributed by atoms with Gasteiger partial charge in [0.2, 0.25) is 5.12 Å². The Morgan fingerprint density at radius 2 is 1.95 bits per heavy atom. The van der Waals surface area contributed by atoms with E-state index in [0.29, 0.717) is 16.2 Å². The molecule has 3 nitrogen and oxygen atoms in total. The largest absolute Gasteiger partial charge is 0.281 e. The zero-order valence-corrected chi connectivity index (χ0v) is 11.5. The van der Waals surface area contributed by atoms with Crippen molar-refractivity contribution in [2.24, 2.45) is 0 Å². The second kappa shape index (κ2) is 5.68. The Labute approximate surface area is 116 Å². The summed E-state index contributed by atoms with van der Waals surface area (Å²) < 4.78 is 0. The molecule has 1 heterocycles. The quantitative estimate of drug-likeness (QED) is 0.782. The lowest BCUT2D eigenvalue weighted by atomic mass is 10.1. The summed E-state index contributed by atoms with van der Waals surface area (Å²) in [5.74, 6) is 0. The van der Waals surface area contributed by atoms with Gasteiger partial charge in [0.15, 0.2) is 0 Å². The fraction of sp³-hybridized carbons (Fsp3) is 0.133. The number of carbonyl (C=O) groups is 1. The zero-order chi connectivity index (χ0) is 13.8. The molecule has 0 amide bonds. The van der Waals surface area contributed by atoms with Crippen molar-refractivity contribution in [3.63, 3.8) is 0 Å². The van der Waals surface area contributed by atoms with Gasteiger partial charge in [0, 0.05) is 11.3 Å². The molecule has 0 unspecified atom stereocenters. The van der Waals surface area contributed by atoms with E-state index in [2.05, 4.69) is 11.1 Å². The van der Waals surface area contributed by atoms with E-state index in [0.717, 1.165) is 23.0 Å². The Hall–Kier alpha value is -2.12. The summed E-state index contributed by atoms with van der Waals surface area (Å²) >= 11 is 1.00. The number of aryl methyl sites for hydroxylation is 2. The number of carbonyl (C=O) groups excluding carboxylic acids is 1. The first kappa shape index (κ1) is 13.3. The standard InChI is InChI=1S/C15H12N2OS/c1-10-8-11(2)17-14(13(10)9-16)19-15(18)12-6-4-3-5-7-12/h3-8H,1-2H3. The van der Waals surface area contributed by atoms with E-state index in [1.807, 2.05) is 38.1 Å². The summed E-state index contributed by atoms with van der Waals surface area (Å²) in [4.78, 5) is 16.4. The second-order valence-corrected chi connectivity index (χ2v) is 5.09. The van der Waals surface area contributed by atoms with Gasteiger partial charge in [-0.15, -0.1) is 0 Å². The topological polar surface area (TPSA) is 53.8 Å². The molecule has 1 aromatic carbocycles. The van der Waals surface area contributed by atoms with Gasteiger partial charge in [-0.3, -0.25) is 4.79 Å². The van der Waals surface area contributed by atoms with Crippen molar-refractivity contribution >= 4 is 16.9 Å². The van der Waals surface area contributed by atoms with E-state index in [-0.39, 0.29) is 5.12 Å². The smallest absolute Gasteiger partial charge is 0.225 e. The zero-order valence-electron chi connectivity index (χ0n) is 10.7. The number of benzene rings is 1. The van der Waals surface area contributed by atoms with E-state index >= 15 is 0 Å². The first-order valence-electron chi connectivity index (χ1n) is 5.77. The van der Waals surface area contributed by atoms with E-state index in [1.54, 1.807) is 12.1 Å². The number of hydrogen-bond acceptors (Lipinski definition) is 4. The summed E-state index contributed by atoms with van der Waals surface area (Å²) in [7, 11) is 0. The fourth-order valence-corrected chi connectivity index (χ4v) is 2.66. The van der Waals surface area contributed by atoms with Gasteiger partial charge in [-0.25, -0.2) is 4.98 Å². The molecule has 19 heavy (non-hydrogen) atoms. The first-order chi connectivity index (χ1) is 9.11. The predicted octanol–water partition coefficient (Wildman–Crippen LogP) is 3.50. The van der Waals surface area contributed by atoms with Crippen LogP contribution < -0.4 is 0 Å². The van der Waals surface area contributed by atoms with Crippen LogP contribution in [0.5, 0.6) is 0 Å². The molecule has 2 aromatic rings. The maximum Gasteiger partial charge on any atom is 0.225 e. The minimum Gasteiger partial charge on any atom is -0.281 e. The fourth-order valence-electron chi connectivity index (χ4n) is 1.73. The van der Waals surface area contributed by atoms with Gasteiger partial charge < -0.3 is 0 Å². The van der Waals surface area contributed by atoms with Crippen LogP contribution in [0.15, 0.2) is 41.4 Å². The van der Waals surface area contributed by atoms with Gasteiger partial charge >= 0.3 is 0 Å². The summed E-state index contributed by atoms with van der Waals surface area (Å²) in [5.41, 5.74) is 2.73. The number of nitrogens with zero attached hydrogens (tertiary/aromatic N) is 2. The lowest BCUT2D eigenvalue weighted by Crippen LogP contribution is -1.99. The van der Waals surface area contributed by atoms with Crippen LogP contribution in [0.25, 0.3) is 0 Å². The number of thioether (sulfide) groups is 1. The van der Waals surface area contributed by atoms with Crippen LogP contribution in [0.1, 0.15) is 27.2 Å². The normalized spacial score (nSPS) is 9.95. The van der Waals surface area contributed by atoms with E-state index < -0.39 is 0 Å². The molecular formula is C15H12N2OS. The van der Waals surface area contributed by atoms with Crippen LogP contribution in [-0.2, 0) is 0 Å². The molecule has 0 aliphatic carbocycles. The van der Waals surface area contributed by atoms with Gasteiger partial charge in [-0.05, 0) is 37.2 Å². The minimum absolute atomic E-state index is 0.102. The van der Waals surface area contributed by atoms with Crippen molar-refractivity contribution in [2.75, 3.05) is 0 Å². The highest BCUT2D eigenvalue weighted by molar-refractivity contribution is 8.14. The molecule has 0 saturated carbocycles. The second-order valence-electron chi connectivity index (χ2n) is 4.13. The Morgan fingerprint density at radius 1 is 1.26 bits per heavy atom. The highest BCUT2D eigenvalue weighted by atomic mass is 32.2. The Morgan fingerprint density at radius 3 is 2.58 bits per heavy atom. The van der Waals surface area contributed by atoms with Crippen LogP contribution in [0.3, 0.4) is 0 Å². The molecule has 0 fully saturated rings. The van der Waals surface area contributed by atoms with Crippen LogP contribution in [-0.4, -0.2) is 10.1 Å². The molecule has 0 aliphatic rings. The Bertz CT molecular complexity index is 660. The number of nitriles is 1. The molecule has 0 bridgehead atoms. The molecule has 2 rings (SSSR count). The minimum atomic E-state index is -0.102. The third kappa shape index (κ3) is 3.01. The summed E-state index contributed by atoms with van der Waals surface area (Å²) in [6, 6.07) is 12.9. The molecule has 1 aromatic heterocycles. The Balaban J connectivity index is 2.35. The highest BCUT2D eigenvalue weighted by Crippen LogP contribution is 2.26. The van der Waals surface area contributed by atoms with Gasteiger partial charge in [0.05, 0.1) is 5.56 Å². The maximum atomic E-state index is 12.1. The van der Waals surface area contributed by atoms with E-state index in [1.165, 1.54) is 0 Å². The van der Waals surface area contributed by atoms with Crippen molar-refractivity contribution in [3.8, 4) is 6.07 Å². The number of pyridine rings is 1. The molecule has 0 aliphatic heterocycles. The van der Waals surface area contributed by atoms with Gasteiger partial charge in [-0.2, -0.15) is 5.26 Å². The lowest BCUT2D eigenvalue weighted by Gasteiger charge is -2.06. The van der Waals surface area contributed by atoms with E-state index in [9.17, 15) is 4.79 Å². The van der Waals surface area contributed by atoms with Crippen molar-refractivity contribution < 1.29 is 4.79 Å². The van der Waals surface area contributed by atoms with Crippen LogP contribution in [0.2, 0.25) is 0 Å². The number of aromatic nitrogens is 1. The summed E-state index contributed by atoms with van der Waals surface area (Å²) in [6.07, 6.45) is 0. The predicted molar refractivity (Wildman–Crippen MR) is 75.1 cm³/mol. The van der Waals surface area contributed by atoms with Crippen molar-refractivity contribution in [1.29, 1.82) is 5.26 Å². The molecular weight excluding hydrogens is 256 g/mol. The maximum absolute atomic E-state index is 12.1. The molecule has 0 atom stereocenters. The summed E-state index contributed by atoms with van der Waals surface area (Å²) in [6.45, 7) is 3.70. The number of rotatable bonds is 2. The summed E-state index contributed by atoms with van der Waals surface area (Å²) in [5, 5.41) is 9.54. The van der Waals surface area contributed by atoms with Crippen LogP contribution >= 0.6 is 11.8 Å². The first-order valence-corrected chi connectivity index (χ1v) is 6.59. The molecule has 0 radical (unpaired) electrons. The third-order valence-corrected chi connectivity index (χ3v) is 3.53. The van der Waals surface area contributed by atoms with Crippen LogP contribution in [0.4, 0.5) is 0 Å². The average molecular weight is 268 g/mol. The molecule has 0 saturated heterocycles. The number of hydrogen-bond donors (Lipinski definition) is 0. The van der Waals surface area contributed by atoms with Gasteiger partial charge in [0.25, 0.3) is 0 Å². The SMILES string of the molecule is Cc1cc(C)c(C#N)c(SC(=O)c2ccccc2)n1. The average Bonchev–Trinajstić information content (AvgIpc) is 2.39. The monoisotopic (exact) mass is 268 g/mol. The lowest BCUT2D eigenvalue weighted by molar-refractivity contribution is 0.108. The Kier molecular flexibility index (Phi) is 3.98. The van der Waals surface area contributed by atoms with Gasteiger partial charge in [-0.1, -0.05) is 30.3 Å². The van der Waals surface area contributed by atoms with Crippen molar-refractivity contribution in [1.82, 2.24) is 4.98 Å². The van der Waals surface area contributed by atoms with E-state index in [4.69, 9.17) is 5.26 Å². The third-order valence-electron chi connectivity index (χ3n) is 2.62. The molecule has 4 heteroatoms. The highest BCUT2D eigenvalue weighted by Gasteiger charge is 2.14. The van der Waals surface area contributed by atoms with Crippen molar-refractivity contribution in [3.05, 3.63) is 58.8 Å². The van der Waals surface area contributed by atoms with Gasteiger partial charge in [0.1, 0.15) is 11.1 Å².